The van der Waals surface area contributed by atoms with E-state index in [1.807, 2.05) is 12.1 Å². The van der Waals surface area contributed by atoms with Crippen LogP contribution in [-0.4, -0.2) is 25.3 Å². The van der Waals surface area contributed by atoms with Gasteiger partial charge in [-0.15, -0.1) is 0 Å². The molecule has 1 fully saturated rings. The largest absolute Gasteiger partial charge is 0.496 e. The fourth-order valence-electron chi connectivity index (χ4n) is 2.90. The molecule has 116 valence electrons. The number of aliphatic carboxylic acids is 1. The number of carboxylic acids is 1. The average Bonchev–Trinajstić information content (AvgIpc) is 3.27. The number of hydrogen-bond donors (Lipinski definition) is 1. The van der Waals surface area contributed by atoms with E-state index in [-0.39, 0.29) is 12.3 Å². The molecule has 2 rings (SSSR count). The van der Waals surface area contributed by atoms with E-state index in [4.69, 9.17) is 9.47 Å². The minimum absolute atomic E-state index is 0.00700. The molecule has 1 aromatic carbocycles. The molecule has 0 amide bonds. The van der Waals surface area contributed by atoms with Crippen molar-refractivity contribution in [3.63, 3.8) is 0 Å². The third kappa shape index (κ3) is 3.49. The smallest absolute Gasteiger partial charge is 0.303 e. The summed E-state index contributed by atoms with van der Waals surface area (Å²) in [5.41, 5.74) is 2.05. The van der Waals surface area contributed by atoms with Crippen LogP contribution in [0.15, 0.2) is 12.1 Å². The number of benzene rings is 1. The SMILES string of the molecule is COc1cc(C(CC(=O)O)C2CC2)c(OC)cc1C(C)C. The Morgan fingerprint density at radius 1 is 1.19 bits per heavy atom. The highest BCUT2D eigenvalue weighted by atomic mass is 16.5. The summed E-state index contributed by atoms with van der Waals surface area (Å²) in [5.74, 6) is 1.61. The first-order valence-electron chi connectivity index (χ1n) is 7.45. The van der Waals surface area contributed by atoms with Gasteiger partial charge in [0.25, 0.3) is 0 Å². The van der Waals surface area contributed by atoms with Crippen molar-refractivity contribution in [3.05, 3.63) is 23.3 Å². The topological polar surface area (TPSA) is 55.8 Å². The third-order valence-corrected chi connectivity index (χ3v) is 4.19. The standard InChI is InChI=1S/C17H24O4/c1-10(2)12-7-16(21-4)14(8-15(12)20-3)13(9-17(18)19)11-5-6-11/h7-8,10-11,13H,5-6,9H2,1-4H3,(H,18,19). The molecule has 0 aliphatic heterocycles. The van der Waals surface area contributed by atoms with Gasteiger partial charge in [0.05, 0.1) is 20.6 Å². The lowest BCUT2D eigenvalue weighted by Gasteiger charge is -2.22. The van der Waals surface area contributed by atoms with E-state index in [1.54, 1.807) is 14.2 Å². The fourth-order valence-corrected chi connectivity index (χ4v) is 2.90. The third-order valence-electron chi connectivity index (χ3n) is 4.19. The Kier molecular flexibility index (Phi) is 4.76. The summed E-state index contributed by atoms with van der Waals surface area (Å²) in [6.45, 7) is 4.21. The molecule has 4 heteroatoms. The highest BCUT2D eigenvalue weighted by Gasteiger charge is 2.36. The maximum atomic E-state index is 11.2. The van der Waals surface area contributed by atoms with Crippen LogP contribution in [0.4, 0.5) is 0 Å². The fraction of sp³-hybridized carbons (Fsp3) is 0.588. The first kappa shape index (κ1) is 15.7. The predicted molar refractivity (Wildman–Crippen MR) is 81.4 cm³/mol. The van der Waals surface area contributed by atoms with Crippen molar-refractivity contribution in [3.8, 4) is 11.5 Å². The van der Waals surface area contributed by atoms with E-state index in [0.29, 0.717) is 11.8 Å². The van der Waals surface area contributed by atoms with E-state index in [2.05, 4.69) is 13.8 Å². The summed E-state index contributed by atoms with van der Waals surface area (Å²) in [6.07, 6.45) is 2.33. The second-order valence-corrected chi connectivity index (χ2v) is 6.03. The van der Waals surface area contributed by atoms with Gasteiger partial charge in [0.1, 0.15) is 11.5 Å². The molecule has 21 heavy (non-hydrogen) atoms. The molecule has 0 saturated heterocycles. The molecule has 0 spiro atoms. The number of hydrogen-bond acceptors (Lipinski definition) is 3. The number of ether oxygens (including phenoxy) is 2. The lowest BCUT2D eigenvalue weighted by atomic mass is 9.88. The summed E-state index contributed by atoms with van der Waals surface area (Å²) >= 11 is 0. The molecule has 0 radical (unpaired) electrons. The van der Waals surface area contributed by atoms with Crippen LogP contribution in [0, 0.1) is 5.92 Å². The van der Waals surface area contributed by atoms with Gasteiger partial charge in [-0.2, -0.15) is 0 Å². The van der Waals surface area contributed by atoms with Gasteiger partial charge in [0, 0.05) is 17.0 Å². The van der Waals surface area contributed by atoms with E-state index in [9.17, 15) is 9.90 Å². The molecule has 1 aromatic rings. The first-order chi connectivity index (χ1) is 9.97. The normalized spacial score (nSPS) is 15.9. The van der Waals surface area contributed by atoms with Crippen LogP contribution in [0.5, 0.6) is 11.5 Å². The Morgan fingerprint density at radius 2 is 1.71 bits per heavy atom. The monoisotopic (exact) mass is 292 g/mol. The van der Waals surface area contributed by atoms with E-state index < -0.39 is 5.97 Å². The summed E-state index contributed by atoms with van der Waals surface area (Å²) in [4.78, 5) is 11.2. The van der Waals surface area contributed by atoms with Crippen molar-refractivity contribution in [1.29, 1.82) is 0 Å². The highest BCUT2D eigenvalue weighted by molar-refractivity contribution is 5.69. The Morgan fingerprint density at radius 3 is 2.14 bits per heavy atom. The predicted octanol–water partition coefficient (Wildman–Crippen LogP) is 3.80. The molecule has 4 nitrogen and oxygen atoms in total. The molecule has 1 unspecified atom stereocenters. The highest BCUT2D eigenvalue weighted by Crippen LogP contribution is 2.48. The number of carboxylic acid groups (broad SMARTS) is 1. The molecular formula is C17H24O4. The number of rotatable bonds is 7. The summed E-state index contributed by atoms with van der Waals surface area (Å²) < 4.78 is 11.0. The Balaban J connectivity index is 2.47. The van der Waals surface area contributed by atoms with Crippen molar-refractivity contribution < 1.29 is 19.4 Å². The van der Waals surface area contributed by atoms with Gasteiger partial charge < -0.3 is 14.6 Å². The molecule has 1 aliphatic carbocycles. The lowest BCUT2D eigenvalue weighted by molar-refractivity contribution is -0.137. The maximum absolute atomic E-state index is 11.2. The van der Waals surface area contributed by atoms with Gasteiger partial charge in [-0.3, -0.25) is 4.79 Å². The van der Waals surface area contributed by atoms with Crippen molar-refractivity contribution in [2.45, 2.75) is 44.9 Å². The lowest BCUT2D eigenvalue weighted by Crippen LogP contribution is -2.11. The maximum Gasteiger partial charge on any atom is 0.303 e. The zero-order chi connectivity index (χ0) is 15.6. The minimum atomic E-state index is -0.763. The molecular weight excluding hydrogens is 268 g/mol. The van der Waals surface area contributed by atoms with Crippen molar-refractivity contribution in [2.75, 3.05) is 14.2 Å². The first-order valence-corrected chi connectivity index (χ1v) is 7.45. The Bertz CT molecular complexity index is 518. The van der Waals surface area contributed by atoms with Crippen LogP contribution < -0.4 is 9.47 Å². The van der Waals surface area contributed by atoms with Crippen LogP contribution in [0.3, 0.4) is 0 Å². The van der Waals surface area contributed by atoms with Crippen molar-refractivity contribution >= 4 is 5.97 Å². The minimum Gasteiger partial charge on any atom is -0.496 e. The van der Waals surface area contributed by atoms with Gasteiger partial charge in [-0.25, -0.2) is 0 Å². The molecule has 1 aliphatic rings. The van der Waals surface area contributed by atoms with Crippen LogP contribution in [0.1, 0.15) is 56.1 Å². The van der Waals surface area contributed by atoms with Gasteiger partial charge in [-0.1, -0.05) is 13.8 Å². The molecule has 0 bridgehead atoms. The Labute approximate surface area is 126 Å². The molecule has 1 N–H and O–H groups in total. The van der Waals surface area contributed by atoms with Crippen molar-refractivity contribution in [1.82, 2.24) is 0 Å². The van der Waals surface area contributed by atoms with E-state index in [1.165, 1.54) is 0 Å². The van der Waals surface area contributed by atoms with Crippen LogP contribution in [-0.2, 0) is 4.79 Å². The number of carbonyl (C=O) groups is 1. The molecule has 1 saturated carbocycles. The summed E-state index contributed by atoms with van der Waals surface area (Å²) in [6, 6.07) is 3.97. The van der Waals surface area contributed by atoms with E-state index >= 15 is 0 Å². The second-order valence-electron chi connectivity index (χ2n) is 6.03. The average molecular weight is 292 g/mol. The molecule has 0 heterocycles. The molecule has 0 aromatic heterocycles. The second kappa shape index (κ2) is 6.37. The summed E-state index contributed by atoms with van der Waals surface area (Å²) in [5, 5.41) is 9.18. The zero-order valence-electron chi connectivity index (χ0n) is 13.2. The summed E-state index contributed by atoms with van der Waals surface area (Å²) in [7, 11) is 3.29. The van der Waals surface area contributed by atoms with Gasteiger partial charge in [0.2, 0.25) is 0 Å². The van der Waals surface area contributed by atoms with Crippen LogP contribution in [0.25, 0.3) is 0 Å². The van der Waals surface area contributed by atoms with Gasteiger partial charge >= 0.3 is 5.97 Å². The molecule has 1 atom stereocenters. The van der Waals surface area contributed by atoms with Crippen LogP contribution >= 0.6 is 0 Å². The van der Waals surface area contributed by atoms with Crippen molar-refractivity contribution in [2.24, 2.45) is 5.92 Å². The quantitative estimate of drug-likeness (QED) is 0.830. The zero-order valence-corrected chi connectivity index (χ0v) is 13.2. The van der Waals surface area contributed by atoms with Gasteiger partial charge in [-0.05, 0) is 36.8 Å². The van der Waals surface area contributed by atoms with Gasteiger partial charge in [0.15, 0.2) is 0 Å². The number of methoxy groups -OCH3 is 2. The van der Waals surface area contributed by atoms with Crippen LogP contribution in [0.2, 0.25) is 0 Å². The Hall–Kier alpha value is -1.71. The van der Waals surface area contributed by atoms with E-state index in [0.717, 1.165) is 35.5 Å².